The summed E-state index contributed by atoms with van der Waals surface area (Å²) in [5.74, 6) is 3.41. The highest BCUT2D eigenvalue weighted by Gasteiger charge is 2.74. The maximum Gasteiger partial charge on any atom is 0.306 e. The summed E-state index contributed by atoms with van der Waals surface area (Å²) in [6, 6.07) is 0. The summed E-state index contributed by atoms with van der Waals surface area (Å²) in [5.41, 5.74) is -0.591. The van der Waals surface area contributed by atoms with Crippen molar-refractivity contribution in [3.8, 4) is 0 Å². The van der Waals surface area contributed by atoms with Crippen LogP contribution in [0.15, 0.2) is 48.6 Å². The lowest BCUT2D eigenvalue weighted by Gasteiger charge is -2.69. The van der Waals surface area contributed by atoms with Crippen molar-refractivity contribution in [2.24, 2.45) is 46.3 Å². The van der Waals surface area contributed by atoms with E-state index in [4.69, 9.17) is 14.5 Å². The van der Waals surface area contributed by atoms with Gasteiger partial charge < -0.3 is 4.74 Å². The summed E-state index contributed by atoms with van der Waals surface area (Å²) in [5, 5.41) is 0. The number of carbonyl (C=O) groups excluding carboxylic acids is 1. The van der Waals surface area contributed by atoms with Crippen LogP contribution in [0.1, 0.15) is 170 Å². The van der Waals surface area contributed by atoms with Gasteiger partial charge in [0.05, 0.1) is 0 Å². The molecule has 2 heterocycles. The Morgan fingerprint density at radius 2 is 1.52 bits per heavy atom. The van der Waals surface area contributed by atoms with E-state index < -0.39 is 5.60 Å². The van der Waals surface area contributed by atoms with Gasteiger partial charge in [0.15, 0.2) is 0 Å². The highest BCUT2D eigenvalue weighted by molar-refractivity contribution is 5.69. The van der Waals surface area contributed by atoms with Crippen LogP contribution in [0.2, 0.25) is 0 Å². The smallest absolute Gasteiger partial charge is 0.306 e. The second kappa shape index (κ2) is 17.5. The van der Waals surface area contributed by atoms with Crippen molar-refractivity contribution < 1.29 is 19.3 Å². The van der Waals surface area contributed by atoms with Crippen LogP contribution in [-0.2, 0) is 19.3 Å². The number of fused-ring (bicyclic) bond motifs is 2. The Bertz CT molecular complexity index is 1210. The molecule has 1 saturated heterocycles. The van der Waals surface area contributed by atoms with Gasteiger partial charge in [-0.2, -0.15) is 0 Å². The molecular weight excluding hydrogens is 617 g/mol. The fraction of sp³-hybridized carbons (Fsp3) is 0.804. The summed E-state index contributed by atoms with van der Waals surface area (Å²) < 4.78 is 6.13. The van der Waals surface area contributed by atoms with E-state index >= 15 is 0 Å². The first-order valence-corrected chi connectivity index (χ1v) is 21.3. The number of rotatable bonds is 19. The van der Waals surface area contributed by atoms with Gasteiger partial charge in [0.1, 0.15) is 17.3 Å². The molecule has 0 aromatic rings. The van der Waals surface area contributed by atoms with Gasteiger partial charge in [-0.25, -0.2) is 9.78 Å². The quantitative estimate of drug-likeness (QED) is 0.0586. The third-order valence-corrected chi connectivity index (χ3v) is 14.7. The number of ether oxygens (including phenoxy) is 1. The minimum atomic E-state index is -0.503. The van der Waals surface area contributed by atoms with Crippen LogP contribution in [0.3, 0.4) is 0 Å². The molecule has 2 spiro atoms. The van der Waals surface area contributed by atoms with E-state index in [9.17, 15) is 4.79 Å². The molecule has 282 valence electrons. The zero-order valence-electron chi connectivity index (χ0n) is 33.2. The van der Waals surface area contributed by atoms with E-state index in [1.54, 1.807) is 0 Å². The molecule has 4 fully saturated rings. The van der Waals surface area contributed by atoms with Crippen LogP contribution in [0.25, 0.3) is 0 Å². The molecule has 3 saturated carbocycles. The summed E-state index contributed by atoms with van der Waals surface area (Å²) in [6.45, 7) is 16.7. The van der Waals surface area contributed by atoms with Gasteiger partial charge in [-0.15, -0.1) is 0 Å². The second-order valence-electron chi connectivity index (χ2n) is 18.2. The normalized spacial score (nSPS) is 37.4. The molecular formula is C46H74O4. The minimum absolute atomic E-state index is 0.000669. The fourth-order valence-corrected chi connectivity index (χ4v) is 11.1. The topological polar surface area (TPSA) is 44.8 Å². The number of hydrogen-bond donors (Lipinski definition) is 0. The van der Waals surface area contributed by atoms with Crippen LogP contribution in [-0.4, -0.2) is 23.3 Å². The summed E-state index contributed by atoms with van der Waals surface area (Å²) in [6.07, 6.45) is 40.1. The van der Waals surface area contributed by atoms with Crippen LogP contribution in [0, 0.1) is 46.3 Å². The van der Waals surface area contributed by atoms with Crippen molar-refractivity contribution in [1.29, 1.82) is 0 Å². The molecule has 50 heavy (non-hydrogen) atoms. The summed E-state index contributed by atoms with van der Waals surface area (Å²) >= 11 is 0. The predicted molar refractivity (Wildman–Crippen MR) is 207 cm³/mol. The number of carbonyl (C=O) groups is 1. The van der Waals surface area contributed by atoms with Crippen LogP contribution >= 0.6 is 0 Å². The highest BCUT2D eigenvalue weighted by Crippen LogP contribution is 2.73. The van der Waals surface area contributed by atoms with E-state index in [2.05, 4.69) is 97.1 Å². The highest BCUT2D eigenvalue weighted by atomic mass is 17.2. The van der Waals surface area contributed by atoms with E-state index in [1.165, 1.54) is 70.6 Å². The van der Waals surface area contributed by atoms with Gasteiger partial charge in [0.2, 0.25) is 0 Å². The average Bonchev–Trinajstić information content (AvgIpc) is 3.46. The number of esters is 1. The van der Waals surface area contributed by atoms with Crippen molar-refractivity contribution in [3.63, 3.8) is 0 Å². The first-order chi connectivity index (χ1) is 24.0. The Balaban J connectivity index is 1.06. The molecule has 2 aliphatic heterocycles. The predicted octanol–water partition coefficient (Wildman–Crippen LogP) is 12.8. The zero-order chi connectivity index (χ0) is 35.8. The van der Waals surface area contributed by atoms with Crippen LogP contribution in [0.5, 0.6) is 0 Å². The molecule has 2 bridgehead atoms. The largest absolute Gasteiger partial charge is 0.462 e. The Labute approximate surface area is 307 Å². The lowest BCUT2D eigenvalue weighted by Crippen LogP contribution is -2.73. The molecule has 4 nitrogen and oxygen atoms in total. The van der Waals surface area contributed by atoms with E-state index in [0.29, 0.717) is 48.3 Å². The molecule has 4 heteroatoms. The molecule has 2 unspecified atom stereocenters. The number of allylic oxidation sites excluding steroid dienone is 6. The fourth-order valence-electron chi connectivity index (χ4n) is 11.1. The van der Waals surface area contributed by atoms with Crippen molar-refractivity contribution >= 4 is 5.97 Å². The average molecular weight is 691 g/mol. The molecule has 0 N–H and O–H groups in total. The van der Waals surface area contributed by atoms with Crippen LogP contribution < -0.4 is 0 Å². The molecule has 6 aliphatic rings. The molecule has 0 aromatic heterocycles. The third-order valence-electron chi connectivity index (χ3n) is 14.7. The van der Waals surface area contributed by atoms with Crippen molar-refractivity contribution in [2.45, 2.75) is 188 Å². The Morgan fingerprint density at radius 3 is 2.22 bits per heavy atom. The van der Waals surface area contributed by atoms with Crippen molar-refractivity contribution in [2.75, 3.05) is 0 Å². The number of unbranched alkanes of at least 4 members (excludes halogenated alkanes) is 8. The summed E-state index contributed by atoms with van der Waals surface area (Å²) in [4.78, 5) is 26.2. The number of hydrogen-bond acceptors (Lipinski definition) is 4. The first kappa shape index (κ1) is 39.6. The lowest BCUT2D eigenvalue weighted by molar-refractivity contribution is -0.497. The van der Waals surface area contributed by atoms with E-state index in [0.717, 1.165) is 38.5 Å². The minimum Gasteiger partial charge on any atom is -0.462 e. The summed E-state index contributed by atoms with van der Waals surface area (Å²) in [7, 11) is 0. The van der Waals surface area contributed by atoms with Gasteiger partial charge in [-0.3, -0.25) is 4.79 Å². The van der Waals surface area contributed by atoms with Gasteiger partial charge in [0.25, 0.3) is 0 Å². The standard InChI is InChI=1S/C46H74O4/c1-8-9-10-11-12-13-14-15-16-17-18-19-20-21-22-23-42(47)48-38-28-31-44(7)41-29-30-43(6)39(37(5)25-24-36(4)35(2)3)26-27-40(43)46(41)33-32-45(44,34-38)49-50-46/h12-13,15-16,24-25,32-33,35-41H,8-11,14,17-23,26-31,34H2,1-7H3/b13-12-,16-15-,25-24+/t36-,37+,38-,39+,40?,41?,43+,44+,45+,46-/m0/s1. The van der Waals surface area contributed by atoms with E-state index in [1.807, 2.05) is 0 Å². The van der Waals surface area contributed by atoms with Gasteiger partial charge in [-0.1, -0.05) is 123 Å². The molecule has 4 aliphatic carbocycles. The maximum absolute atomic E-state index is 12.9. The van der Waals surface area contributed by atoms with Gasteiger partial charge in [-0.05, 0) is 112 Å². The van der Waals surface area contributed by atoms with Gasteiger partial charge >= 0.3 is 5.97 Å². The molecule has 0 amide bonds. The zero-order valence-corrected chi connectivity index (χ0v) is 33.2. The Kier molecular flexibility index (Phi) is 13.8. The van der Waals surface area contributed by atoms with Crippen LogP contribution in [0.4, 0.5) is 0 Å². The maximum atomic E-state index is 12.9. The first-order valence-electron chi connectivity index (χ1n) is 21.3. The monoisotopic (exact) mass is 691 g/mol. The Hall–Kier alpha value is -1.65. The molecule has 0 radical (unpaired) electrons. The van der Waals surface area contributed by atoms with E-state index in [-0.39, 0.29) is 28.5 Å². The SMILES string of the molecule is CCCCC/C=C\C/C=C\CCCCCCCC(=O)O[C@H]1CC[C@]2(C)C3CC[C@@]4(C)C(CC[C@@H]4[C@H](C)/C=C/[C@H](C)C(C)C)[C@@]34C=C[C@]2(C1)OO4. The lowest BCUT2D eigenvalue weighted by atomic mass is 9.42. The third kappa shape index (κ3) is 8.27. The van der Waals surface area contributed by atoms with Crippen molar-refractivity contribution in [1.82, 2.24) is 0 Å². The molecule has 10 atom stereocenters. The van der Waals surface area contributed by atoms with Gasteiger partial charge in [0, 0.05) is 30.1 Å². The Morgan fingerprint density at radius 1 is 0.800 bits per heavy atom. The van der Waals surface area contributed by atoms with Crippen molar-refractivity contribution in [3.05, 3.63) is 48.6 Å². The second-order valence-corrected chi connectivity index (χ2v) is 18.2. The molecule has 0 aromatic carbocycles. The molecule has 6 rings (SSSR count).